The molecule has 0 saturated carbocycles. The second kappa shape index (κ2) is 9.06. The molecule has 156 valence electrons. The normalized spacial score (nSPS) is 11.2. The van der Waals surface area contributed by atoms with Gasteiger partial charge in [-0.25, -0.2) is 17.9 Å². The van der Waals surface area contributed by atoms with Gasteiger partial charge in [-0.2, -0.15) is 0 Å². The maximum atomic E-state index is 13.0. The van der Waals surface area contributed by atoms with Crippen molar-refractivity contribution in [3.8, 4) is 5.75 Å². The summed E-state index contributed by atoms with van der Waals surface area (Å²) in [6, 6.07) is 17.1. The summed E-state index contributed by atoms with van der Waals surface area (Å²) in [5, 5.41) is 7.95. The number of aryl methyl sites for hydroxylation is 1. The highest BCUT2D eigenvalue weighted by molar-refractivity contribution is 7.89. The van der Waals surface area contributed by atoms with Gasteiger partial charge < -0.3 is 10.1 Å². The lowest BCUT2D eigenvalue weighted by molar-refractivity contribution is 0.102. The third kappa shape index (κ3) is 5.43. The van der Waals surface area contributed by atoms with Gasteiger partial charge in [-0.1, -0.05) is 31.2 Å². The number of carbonyl (C=O) groups excluding carboxylic acids is 1. The average Bonchev–Trinajstić information content (AvgIpc) is 2.73. The van der Waals surface area contributed by atoms with E-state index in [1.165, 1.54) is 18.2 Å². The van der Waals surface area contributed by atoms with Crippen molar-refractivity contribution in [2.75, 3.05) is 5.32 Å². The molecule has 0 radical (unpaired) electrons. The Bertz CT molecular complexity index is 1160. The molecular formula is C22H21FN2O4S. The molecule has 3 aromatic rings. The Labute approximate surface area is 174 Å². The predicted molar refractivity (Wildman–Crippen MR) is 112 cm³/mol. The van der Waals surface area contributed by atoms with Crippen LogP contribution in [0.1, 0.15) is 28.4 Å². The molecule has 0 unspecified atom stereocenters. The third-order valence-corrected chi connectivity index (χ3v) is 5.42. The van der Waals surface area contributed by atoms with Crippen LogP contribution in [0.3, 0.4) is 0 Å². The highest BCUT2D eigenvalue weighted by Crippen LogP contribution is 2.22. The first-order valence-corrected chi connectivity index (χ1v) is 10.8. The van der Waals surface area contributed by atoms with Crippen LogP contribution in [-0.4, -0.2) is 14.3 Å². The van der Waals surface area contributed by atoms with E-state index in [0.29, 0.717) is 29.0 Å². The Morgan fingerprint density at radius 2 is 1.80 bits per heavy atom. The van der Waals surface area contributed by atoms with Crippen LogP contribution in [-0.2, 0) is 23.1 Å². The molecule has 0 fully saturated rings. The molecule has 0 aliphatic carbocycles. The second-order valence-electron chi connectivity index (χ2n) is 6.62. The predicted octanol–water partition coefficient (Wildman–Crippen LogP) is 3.87. The first-order chi connectivity index (χ1) is 14.3. The Kier molecular flexibility index (Phi) is 6.49. The van der Waals surface area contributed by atoms with Crippen LogP contribution >= 0.6 is 0 Å². The summed E-state index contributed by atoms with van der Waals surface area (Å²) in [6.07, 6.45) is 0.493. The first kappa shape index (κ1) is 21.5. The topological polar surface area (TPSA) is 98.5 Å². The van der Waals surface area contributed by atoms with Crippen molar-refractivity contribution in [3.05, 3.63) is 89.2 Å². The number of hydrogen-bond acceptors (Lipinski definition) is 4. The second-order valence-corrected chi connectivity index (χ2v) is 8.15. The number of rotatable bonds is 7. The number of hydrogen-bond donors (Lipinski definition) is 2. The van der Waals surface area contributed by atoms with Crippen molar-refractivity contribution >= 4 is 21.6 Å². The summed E-state index contributed by atoms with van der Waals surface area (Å²) < 4.78 is 42.2. The minimum atomic E-state index is -3.91. The first-order valence-electron chi connectivity index (χ1n) is 9.20. The number of nitrogens with two attached hydrogens (primary N) is 1. The van der Waals surface area contributed by atoms with Crippen molar-refractivity contribution in [1.29, 1.82) is 0 Å². The average molecular weight is 428 g/mol. The number of benzene rings is 3. The highest BCUT2D eigenvalue weighted by Gasteiger charge is 2.15. The van der Waals surface area contributed by atoms with Gasteiger partial charge in [0.1, 0.15) is 18.2 Å². The largest absolute Gasteiger partial charge is 0.489 e. The fourth-order valence-electron chi connectivity index (χ4n) is 2.87. The van der Waals surface area contributed by atoms with E-state index in [0.717, 1.165) is 5.56 Å². The maximum Gasteiger partial charge on any atom is 0.255 e. The maximum absolute atomic E-state index is 13.0. The number of halogens is 1. The Morgan fingerprint density at radius 3 is 2.47 bits per heavy atom. The number of primary sulfonamides is 1. The molecule has 0 aromatic heterocycles. The Morgan fingerprint density at radius 1 is 1.07 bits per heavy atom. The van der Waals surface area contributed by atoms with Gasteiger partial charge in [0.2, 0.25) is 10.0 Å². The monoisotopic (exact) mass is 428 g/mol. The molecule has 0 spiro atoms. The van der Waals surface area contributed by atoms with E-state index in [1.54, 1.807) is 48.5 Å². The van der Waals surface area contributed by atoms with E-state index >= 15 is 0 Å². The molecule has 0 aliphatic rings. The third-order valence-electron chi connectivity index (χ3n) is 4.43. The standard InChI is InChI=1S/C22H21FN2O4S/c1-2-16-8-11-19(13-21(16)30(24,27)28)25-22(26)17-4-3-5-20(12-17)29-14-15-6-9-18(23)10-7-15/h3-13H,2,14H2,1H3,(H,25,26)(H2,24,27,28). The zero-order valence-corrected chi connectivity index (χ0v) is 17.1. The van der Waals surface area contributed by atoms with E-state index in [-0.39, 0.29) is 17.3 Å². The minimum absolute atomic E-state index is 0.0146. The van der Waals surface area contributed by atoms with Gasteiger partial charge in [0.15, 0.2) is 0 Å². The molecule has 3 N–H and O–H groups in total. The summed E-state index contributed by atoms with van der Waals surface area (Å²) in [6.45, 7) is 2.04. The molecule has 3 aromatic carbocycles. The quantitative estimate of drug-likeness (QED) is 0.597. The van der Waals surface area contributed by atoms with E-state index in [4.69, 9.17) is 9.88 Å². The molecule has 1 amide bonds. The number of amides is 1. The molecule has 6 nitrogen and oxygen atoms in total. The van der Waals surface area contributed by atoms with Gasteiger partial charge in [0.25, 0.3) is 5.91 Å². The molecule has 0 heterocycles. The number of sulfonamides is 1. The molecule has 0 atom stereocenters. The summed E-state index contributed by atoms with van der Waals surface area (Å²) in [5.41, 5.74) is 2.02. The zero-order chi connectivity index (χ0) is 21.7. The fraction of sp³-hybridized carbons (Fsp3) is 0.136. The Balaban J connectivity index is 1.73. The van der Waals surface area contributed by atoms with Gasteiger partial charge in [0, 0.05) is 11.3 Å². The van der Waals surface area contributed by atoms with E-state index < -0.39 is 15.9 Å². The van der Waals surface area contributed by atoms with Crippen LogP contribution in [0.25, 0.3) is 0 Å². The molecule has 8 heteroatoms. The van der Waals surface area contributed by atoms with Crippen molar-refractivity contribution in [2.45, 2.75) is 24.8 Å². The fourth-order valence-corrected chi connectivity index (χ4v) is 3.74. The summed E-state index contributed by atoms with van der Waals surface area (Å²) in [7, 11) is -3.91. The van der Waals surface area contributed by atoms with Crippen LogP contribution in [0.2, 0.25) is 0 Å². The van der Waals surface area contributed by atoms with Crippen LogP contribution in [0.4, 0.5) is 10.1 Å². The van der Waals surface area contributed by atoms with Crippen LogP contribution in [0.5, 0.6) is 5.75 Å². The number of anilines is 1. The SMILES string of the molecule is CCc1ccc(NC(=O)c2cccc(OCc3ccc(F)cc3)c2)cc1S(N)(=O)=O. The Hall–Kier alpha value is -3.23. The molecule has 3 rings (SSSR count). The van der Waals surface area contributed by atoms with Crippen LogP contribution in [0, 0.1) is 5.82 Å². The molecule has 0 bridgehead atoms. The molecule has 0 saturated heterocycles. The van der Waals surface area contributed by atoms with Crippen molar-refractivity contribution in [2.24, 2.45) is 5.14 Å². The van der Waals surface area contributed by atoms with Gasteiger partial charge in [-0.15, -0.1) is 0 Å². The van der Waals surface area contributed by atoms with Gasteiger partial charge in [-0.3, -0.25) is 4.79 Å². The summed E-state index contributed by atoms with van der Waals surface area (Å²) in [4.78, 5) is 12.6. The van der Waals surface area contributed by atoms with Crippen molar-refractivity contribution < 1.29 is 22.3 Å². The minimum Gasteiger partial charge on any atom is -0.489 e. The lowest BCUT2D eigenvalue weighted by Crippen LogP contribution is -2.16. The van der Waals surface area contributed by atoms with Crippen LogP contribution in [0.15, 0.2) is 71.6 Å². The lowest BCUT2D eigenvalue weighted by Gasteiger charge is -2.11. The van der Waals surface area contributed by atoms with E-state index in [9.17, 15) is 17.6 Å². The number of carbonyl (C=O) groups is 1. The smallest absolute Gasteiger partial charge is 0.255 e. The van der Waals surface area contributed by atoms with E-state index in [2.05, 4.69) is 5.32 Å². The lowest BCUT2D eigenvalue weighted by atomic mass is 10.1. The number of nitrogens with one attached hydrogen (secondary N) is 1. The van der Waals surface area contributed by atoms with E-state index in [1.807, 2.05) is 6.92 Å². The summed E-state index contributed by atoms with van der Waals surface area (Å²) >= 11 is 0. The van der Waals surface area contributed by atoms with Gasteiger partial charge in [-0.05, 0) is 60.0 Å². The summed E-state index contributed by atoms with van der Waals surface area (Å²) in [5.74, 6) is -0.277. The molecule has 0 aliphatic heterocycles. The van der Waals surface area contributed by atoms with Gasteiger partial charge >= 0.3 is 0 Å². The number of ether oxygens (including phenoxy) is 1. The molecular weight excluding hydrogens is 407 g/mol. The van der Waals surface area contributed by atoms with Gasteiger partial charge in [0.05, 0.1) is 4.90 Å². The molecule has 30 heavy (non-hydrogen) atoms. The van der Waals surface area contributed by atoms with Crippen LogP contribution < -0.4 is 15.2 Å². The highest BCUT2D eigenvalue weighted by atomic mass is 32.2. The van der Waals surface area contributed by atoms with Crippen molar-refractivity contribution in [3.63, 3.8) is 0 Å². The zero-order valence-electron chi connectivity index (χ0n) is 16.3. The van der Waals surface area contributed by atoms with Crippen molar-refractivity contribution in [1.82, 2.24) is 0 Å².